The summed E-state index contributed by atoms with van der Waals surface area (Å²) >= 11 is 2.32. The molecule has 6 bridgehead atoms. The van der Waals surface area contributed by atoms with Crippen LogP contribution in [-0.2, 0) is 39.2 Å². The Kier molecular flexibility index (Phi) is 14.2. The van der Waals surface area contributed by atoms with Crippen molar-refractivity contribution in [1.82, 2.24) is 0 Å². The maximum Gasteiger partial charge on any atom is 0.208 e. The number of nitrogens with zero attached hydrogens (tertiary/aromatic N) is 1. The van der Waals surface area contributed by atoms with Gasteiger partial charge in [-0.15, -0.1) is 0 Å². The Morgan fingerprint density at radius 1 is 0.500 bits per heavy atom. The zero-order valence-electron chi connectivity index (χ0n) is 24.0. The second-order valence-electron chi connectivity index (χ2n) is 9.28. The van der Waals surface area contributed by atoms with Gasteiger partial charge < -0.3 is 37.9 Å². The van der Waals surface area contributed by atoms with E-state index >= 15 is 0 Å². The zero-order valence-corrected chi connectivity index (χ0v) is 26.2. The maximum atomic E-state index is 5.91. The largest absolute Gasteiger partial charge is 0.491 e. The first-order valence-corrected chi connectivity index (χ1v) is 15.1. The number of benzene rings is 2. The minimum Gasteiger partial charge on any atom is -0.491 e. The fourth-order valence-corrected chi connectivity index (χ4v) is 4.66. The Labute approximate surface area is 261 Å². The third-order valence-corrected chi connectivity index (χ3v) is 6.82. The molecule has 0 saturated heterocycles. The van der Waals surface area contributed by atoms with Crippen LogP contribution in [0.25, 0.3) is 0 Å². The van der Waals surface area contributed by atoms with Crippen molar-refractivity contribution in [1.29, 1.82) is 0 Å². The van der Waals surface area contributed by atoms with Crippen LogP contribution in [0.2, 0.25) is 0 Å². The predicted molar refractivity (Wildman–Crippen MR) is 165 cm³/mol. The topological polar surface area (TPSA) is 77.7 Å². The van der Waals surface area contributed by atoms with Gasteiger partial charge in [0.25, 0.3) is 0 Å². The minimum atomic E-state index is 0.450. The highest BCUT2D eigenvalue weighted by atomic mass is 127. The molecule has 0 amide bonds. The van der Waals surface area contributed by atoms with Crippen molar-refractivity contribution in [3.05, 3.63) is 87.8 Å². The summed E-state index contributed by atoms with van der Waals surface area (Å²) in [6, 6.07) is 19.3. The van der Waals surface area contributed by atoms with Crippen molar-refractivity contribution in [2.45, 2.75) is 13.2 Å². The summed E-state index contributed by atoms with van der Waals surface area (Å²) in [6.07, 6.45) is 3.87. The van der Waals surface area contributed by atoms with Gasteiger partial charge in [-0.3, -0.25) is 0 Å². The molecule has 0 spiro atoms. The lowest BCUT2D eigenvalue weighted by Crippen LogP contribution is -2.39. The van der Waals surface area contributed by atoms with Gasteiger partial charge in [-0.2, -0.15) is 4.57 Å². The second-order valence-corrected chi connectivity index (χ2v) is 10.5. The van der Waals surface area contributed by atoms with Crippen LogP contribution in [0.5, 0.6) is 23.0 Å². The normalized spacial score (nSPS) is 17.7. The SMILES string of the molecule is C[n+]1c2cc(I)cc1COCCOc1ccc(cc1)OCCOC/C=C\COCCOc1ccc(cc1)OCCOC2. The van der Waals surface area contributed by atoms with Crippen molar-refractivity contribution in [2.24, 2.45) is 7.05 Å². The van der Waals surface area contributed by atoms with Crippen molar-refractivity contribution < 1.29 is 42.5 Å². The molecule has 4 aliphatic heterocycles. The lowest BCUT2D eigenvalue weighted by atomic mass is 10.3. The quantitative estimate of drug-likeness (QED) is 0.191. The molecule has 9 nitrogen and oxygen atoms in total. The average Bonchev–Trinajstić information content (AvgIpc) is 3.00. The molecule has 4 aliphatic rings. The van der Waals surface area contributed by atoms with E-state index < -0.39 is 0 Å². The van der Waals surface area contributed by atoms with Gasteiger partial charge >= 0.3 is 0 Å². The summed E-state index contributed by atoms with van der Waals surface area (Å²) in [4.78, 5) is 0. The summed E-state index contributed by atoms with van der Waals surface area (Å²) in [7, 11) is 2.02. The molecule has 0 aliphatic carbocycles. The molecule has 0 atom stereocenters. The van der Waals surface area contributed by atoms with E-state index in [0.29, 0.717) is 79.3 Å². The van der Waals surface area contributed by atoms with Gasteiger partial charge in [-0.1, -0.05) is 12.2 Å². The first-order chi connectivity index (χ1) is 20.7. The highest BCUT2D eigenvalue weighted by Gasteiger charge is 2.15. The lowest BCUT2D eigenvalue weighted by molar-refractivity contribution is -0.690. The molecule has 42 heavy (non-hydrogen) atoms. The molecular formula is C32H39INO8+. The van der Waals surface area contributed by atoms with E-state index in [4.69, 9.17) is 37.9 Å². The van der Waals surface area contributed by atoms with Gasteiger partial charge in [0, 0.05) is 15.7 Å². The van der Waals surface area contributed by atoms with E-state index in [-0.39, 0.29) is 0 Å². The van der Waals surface area contributed by atoms with Crippen LogP contribution in [0.3, 0.4) is 0 Å². The van der Waals surface area contributed by atoms with Gasteiger partial charge in [0.1, 0.15) is 69.7 Å². The third kappa shape index (κ3) is 11.8. The molecule has 0 saturated carbocycles. The van der Waals surface area contributed by atoms with Gasteiger partial charge in [0.2, 0.25) is 11.4 Å². The fourth-order valence-electron chi connectivity index (χ4n) is 3.95. The summed E-state index contributed by atoms with van der Waals surface area (Å²) in [5.74, 6) is 3.07. The van der Waals surface area contributed by atoms with E-state index in [0.717, 1.165) is 38.0 Å². The van der Waals surface area contributed by atoms with Crippen LogP contribution in [0, 0.1) is 3.57 Å². The second kappa shape index (κ2) is 18.6. The number of hydrogen-bond acceptors (Lipinski definition) is 8. The maximum absolute atomic E-state index is 5.91. The minimum absolute atomic E-state index is 0.450. The van der Waals surface area contributed by atoms with Crippen LogP contribution in [-0.4, -0.2) is 66.1 Å². The third-order valence-electron chi connectivity index (χ3n) is 6.20. The number of ether oxygens (including phenoxy) is 8. The summed E-state index contributed by atoms with van der Waals surface area (Å²) in [6.45, 7) is 5.71. The number of aromatic nitrogens is 1. The first kappa shape index (κ1) is 32.0. The van der Waals surface area contributed by atoms with Crippen molar-refractivity contribution >= 4 is 22.6 Å². The number of rotatable bonds is 0. The summed E-state index contributed by atoms with van der Waals surface area (Å²) in [5, 5.41) is 0. The number of halogens is 1. The smallest absolute Gasteiger partial charge is 0.208 e. The molecule has 0 unspecified atom stereocenters. The van der Waals surface area contributed by atoms with E-state index in [9.17, 15) is 0 Å². The molecule has 0 radical (unpaired) electrons. The molecule has 226 valence electrons. The highest BCUT2D eigenvalue weighted by molar-refractivity contribution is 14.1. The van der Waals surface area contributed by atoms with Gasteiger partial charge in [-0.05, 0) is 71.1 Å². The Morgan fingerprint density at radius 3 is 1.19 bits per heavy atom. The number of hydrogen-bond donors (Lipinski definition) is 0. The first-order valence-electron chi connectivity index (χ1n) is 14.0. The molecule has 1 aromatic heterocycles. The average molecular weight is 693 g/mol. The highest BCUT2D eigenvalue weighted by Crippen LogP contribution is 2.19. The molecular weight excluding hydrogens is 653 g/mol. The number of pyridine rings is 1. The molecule has 2 aromatic carbocycles. The molecule has 0 fully saturated rings. The Bertz CT molecular complexity index is 1130. The molecule has 0 N–H and O–H groups in total. The van der Waals surface area contributed by atoms with Gasteiger partial charge in [-0.25, -0.2) is 0 Å². The van der Waals surface area contributed by atoms with E-state index in [1.54, 1.807) is 0 Å². The van der Waals surface area contributed by atoms with E-state index in [2.05, 4.69) is 39.3 Å². The molecule has 3 aromatic rings. The van der Waals surface area contributed by atoms with Crippen LogP contribution < -0.4 is 23.5 Å². The fraction of sp³-hybridized carbons (Fsp3) is 0.406. The van der Waals surface area contributed by atoms with Crippen molar-refractivity contribution in [3.63, 3.8) is 0 Å². The van der Waals surface area contributed by atoms with Gasteiger partial charge in [0.15, 0.2) is 0 Å². The van der Waals surface area contributed by atoms with Crippen molar-refractivity contribution in [3.8, 4) is 23.0 Å². The Balaban J connectivity index is 1.28. The molecule has 5 heterocycles. The molecule has 10 heteroatoms. The lowest BCUT2D eigenvalue weighted by Gasteiger charge is -2.10. The Morgan fingerprint density at radius 2 is 0.833 bits per heavy atom. The monoisotopic (exact) mass is 692 g/mol. The Hall–Kier alpha value is -2.90. The van der Waals surface area contributed by atoms with E-state index in [1.165, 1.54) is 0 Å². The van der Waals surface area contributed by atoms with Gasteiger partial charge in [0.05, 0.1) is 39.6 Å². The molecule has 7 rings (SSSR count). The van der Waals surface area contributed by atoms with Crippen LogP contribution in [0.4, 0.5) is 0 Å². The van der Waals surface area contributed by atoms with Crippen LogP contribution in [0.1, 0.15) is 11.4 Å². The van der Waals surface area contributed by atoms with E-state index in [1.807, 2.05) is 67.7 Å². The van der Waals surface area contributed by atoms with Crippen LogP contribution >= 0.6 is 22.6 Å². The van der Waals surface area contributed by atoms with Crippen LogP contribution in [0.15, 0.2) is 72.8 Å². The van der Waals surface area contributed by atoms with Crippen molar-refractivity contribution in [2.75, 3.05) is 66.1 Å². The summed E-state index contributed by atoms with van der Waals surface area (Å²) in [5.41, 5.74) is 2.13. The summed E-state index contributed by atoms with van der Waals surface area (Å²) < 4.78 is 49.3. The predicted octanol–water partition coefficient (Wildman–Crippen LogP) is 4.67. The zero-order chi connectivity index (χ0) is 29.2. The standard InChI is InChI=1S/C32H39INO8/c1-34-27-22-26(33)23-28(34)25-38-17-21-42-32-10-6-30(7-11-32)40-19-15-36-13-3-2-12-35-14-18-39-29-4-8-31(9-5-29)41-20-16-37-24-27/h2-11,22-23H,12-21,24-25H2,1H3/q+1/b3-2-.